The number of aryl methyl sites for hydroxylation is 3. The quantitative estimate of drug-likeness (QED) is 0.590. The summed E-state index contributed by atoms with van der Waals surface area (Å²) in [4.78, 5) is 3.21. The van der Waals surface area contributed by atoms with Gasteiger partial charge in [-0.05, 0) is 85.7 Å². The van der Waals surface area contributed by atoms with Crippen LogP contribution < -0.4 is 10.1 Å². The van der Waals surface area contributed by atoms with Crippen LogP contribution in [-0.4, -0.2) is 24.7 Å². The van der Waals surface area contributed by atoms with Crippen LogP contribution in [0, 0.1) is 5.82 Å². The maximum absolute atomic E-state index is 13.4. The van der Waals surface area contributed by atoms with Gasteiger partial charge in [0, 0.05) is 23.6 Å². The first-order chi connectivity index (χ1) is 12.8. The highest BCUT2D eigenvalue weighted by molar-refractivity contribution is 5.83. The Morgan fingerprint density at radius 1 is 1.04 bits per heavy atom. The third-order valence-electron chi connectivity index (χ3n) is 5.15. The predicted molar refractivity (Wildman–Crippen MR) is 103 cm³/mol. The lowest BCUT2D eigenvalue weighted by atomic mass is 10.1. The molecule has 0 fully saturated rings. The molecule has 1 aromatic heterocycles. The van der Waals surface area contributed by atoms with E-state index in [0.717, 1.165) is 42.6 Å². The molecular weight excluding hydrogens is 327 g/mol. The normalized spacial score (nSPS) is 13.3. The Bertz CT molecular complexity index is 887. The van der Waals surface area contributed by atoms with Crippen molar-refractivity contribution in [3.63, 3.8) is 0 Å². The van der Waals surface area contributed by atoms with Crippen molar-refractivity contribution in [1.29, 1.82) is 0 Å². The molecule has 2 N–H and O–H groups in total. The zero-order chi connectivity index (χ0) is 17.8. The fraction of sp³-hybridized carbons (Fsp3) is 0.364. The van der Waals surface area contributed by atoms with E-state index in [2.05, 4.69) is 28.5 Å². The van der Waals surface area contributed by atoms with Gasteiger partial charge in [-0.25, -0.2) is 4.39 Å². The van der Waals surface area contributed by atoms with Crippen molar-refractivity contribution in [1.82, 2.24) is 10.3 Å². The second-order valence-electron chi connectivity index (χ2n) is 6.99. The van der Waals surface area contributed by atoms with Gasteiger partial charge in [0.2, 0.25) is 0 Å². The van der Waals surface area contributed by atoms with Crippen LogP contribution in [0.5, 0.6) is 5.75 Å². The molecule has 4 heteroatoms. The number of halogens is 1. The zero-order valence-corrected chi connectivity index (χ0v) is 15.0. The van der Waals surface area contributed by atoms with Crippen molar-refractivity contribution >= 4 is 10.9 Å². The fourth-order valence-electron chi connectivity index (χ4n) is 3.77. The number of hydrogen-bond acceptors (Lipinski definition) is 2. The van der Waals surface area contributed by atoms with Gasteiger partial charge >= 0.3 is 0 Å². The van der Waals surface area contributed by atoms with E-state index in [1.54, 1.807) is 12.1 Å². The van der Waals surface area contributed by atoms with Crippen molar-refractivity contribution in [2.75, 3.05) is 19.7 Å². The highest BCUT2D eigenvalue weighted by Gasteiger charge is 2.11. The first-order valence-corrected chi connectivity index (χ1v) is 9.50. The Morgan fingerprint density at radius 2 is 1.96 bits per heavy atom. The van der Waals surface area contributed by atoms with Crippen LogP contribution in [0.15, 0.2) is 42.6 Å². The molecule has 0 saturated heterocycles. The molecule has 0 amide bonds. The average Bonchev–Trinajstić information content (AvgIpc) is 3.27. The summed E-state index contributed by atoms with van der Waals surface area (Å²) in [7, 11) is 0. The van der Waals surface area contributed by atoms with Gasteiger partial charge in [0.05, 0.1) is 0 Å². The van der Waals surface area contributed by atoms with Crippen LogP contribution in [0.25, 0.3) is 10.9 Å². The monoisotopic (exact) mass is 352 g/mol. The molecule has 26 heavy (non-hydrogen) atoms. The summed E-state index contributed by atoms with van der Waals surface area (Å²) in [6.45, 7) is 2.44. The molecule has 1 aliphatic rings. The second-order valence-corrected chi connectivity index (χ2v) is 6.99. The number of hydrogen-bond donors (Lipinski definition) is 2. The molecule has 0 saturated carbocycles. The zero-order valence-electron chi connectivity index (χ0n) is 15.0. The SMILES string of the molecule is Fc1ccc2[nH]cc(CCCNCCOc3ccc4c(c3)CCC4)c2c1. The number of aromatic amines is 1. The third kappa shape index (κ3) is 3.91. The topological polar surface area (TPSA) is 37.0 Å². The summed E-state index contributed by atoms with van der Waals surface area (Å²) in [5.41, 5.74) is 5.10. The smallest absolute Gasteiger partial charge is 0.123 e. The van der Waals surface area contributed by atoms with E-state index in [-0.39, 0.29) is 5.82 Å². The Balaban J connectivity index is 1.16. The van der Waals surface area contributed by atoms with E-state index in [9.17, 15) is 4.39 Å². The molecule has 3 nitrogen and oxygen atoms in total. The largest absolute Gasteiger partial charge is 0.492 e. The Labute approximate surface area is 153 Å². The van der Waals surface area contributed by atoms with Gasteiger partial charge in [-0.1, -0.05) is 6.07 Å². The van der Waals surface area contributed by atoms with Crippen molar-refractivity contribution in [2.45, 2.75) is 32.1 Å². The van der Waals surface area contributed by atoms with Gasteiger partial charge in [0.1, 0.15) is 18.2 Å². The highest BCUT2D eigenvalue weighted by Crippen LogP contribution is 2.26. The number of H-pyrrole nitrogens is 1. The van der Waals surface area contributed by atoms with Gasteiger partial charge in [0.25, 0.3) is 0 Å². The van der Waals surface area contributed by atoms with E-state index in [0.29, 0.717) is 6.61 Å². The van der Waals surface area contributed by atoms with E-state index >= 15 is 0 Å². The van der Waals surface area contributed by atoms with Crippen molar-refractivity contribution in [3.05, 3.63) is 65.1 Å². The molecular formula is C22H25FN2O. The molecule has 0 bridgehead atoms. The number of nitrogens with one attached hydrogen (secondary N) is 2. The number of ether oxygens (including phenoxy) is 1. The Hall–Kier alpha value is -2.33. The van der Waals surface area contributed by atoms with Crippen LogP contribution in [0.4, 0.5) is 4.39 Å². The van der Waals surface area contributed by atoms with Crippen molar-refractivity contribution in [3.8, 4) is 5.75 Å². The van der Waals surface area contributed by atoms with Crippen molar-refractivity contribution in [2.24, 2.45) is 0 Å². The standard InChI is InChI=1S/C22H25FN2O/c23-19-7-9-22-21(14-19)18(15-25-22)5-2-10-24-11-12-26-20-8-6-16-3-1-4-17(16)13-20/h6-9,13-15,24-25H,1-5,10-12H2. The molecule has 136 valence electrons. The third-order valence-corrected chi connectivity index (χ3v) is 5.15. The number of fused-ring (bicyclic) bond motifs is 2. The van der Waals surface area contributed by atoms with Gasteiger partial charge in [-0.2, -0.15) is 0 Å². The summed E-state index contributed by atoms with van der Waals surface area (Å²) in [5.74, 6) is 0.799. The minimum Gasteiger partial charge on any atom is -0.492 e. The first-order valence-electron chi connectivity index (χ1n) is 9.50. The molecule has 4 rings (SSSR count). The number of benzene rings is 2. The maximum atomic E-state index is 13.4. The summed E-state index contributed by atoms with van der Waals surface area (Å²) in [5, 5.41) is 4.41. The molecule has 0 radical (unpaired) electrons. The summed E-state index contributed by atoms with van der Waals surface area (Å²) in [6.07, 6.45) is 7.59. The first kappa shape index (κ1) is 17.1. The lowest BCUT2D eigenvalue weighted by molar-refractivity contribution is 0.313. The van der Waals surface area contributed by atoms with Crippen LogP contribution in [0.1, 0.15) is 29.5 Å². The molecule has 3 aromatic rings. The fourth-order valence-corrected chi connectivity index (χ4v) is 3.77. The van der Waals surface area contributed by atoms with Crippen LogP contribution in [0.3, 0.4) is 0 Å². The van der Waals surface area contributed by atoms with E-state index < -0.39 is 0 Å². The lowest BCUT2D eigenvalue weighted by Gasteiger charge is -2.09. The maximum Gasteiger partial charge on any atom is 0.123 e. The predicted octanol–water partition coefficient (Wildman–Crippen LogP) is 4.40. The number of aromatic nitrogens is 1. The molecule has 1 aliphatic carbocycles. The minimum atomic E-state index is -0.180. The molecule has 0 aliphatic heterocycles. The highest BCUT2D eigenvalue weighted by atomic mass is 19.1. The van der Waals surface area contributed by atoms with Gasteiger partial charge in [-0.15, -0.1) is 0 Å². The van der Waals surface area contributed by atoms with E-state index in [4.69, 9.17) is 4.74 Å². The summed E-state index contributed by atoms with van der Waals surface area (Å²) >= 11 is 0. The van der Waals surface area contributed by atoms with Gasteiger partial charge in [-0.3, -0.25) is 0 Å². The molecule has 0 spiro atoms. The lowest BCUT2D eigenvalue weighted by Crippen LogP contribution is -2.22. The van der Waals surface area contributed by atoms with Crippen LogP contribution >= 0.6 is 0 Å². The minimum absolute atomic E-state index is 0.180. The van der Waals surface area contributed by atoms with E-state index in [1.165, 1.54) is 42.0 Å². The summed E-state index contributed by atoms with van der Waals surface area (Å²) in [6, 6.07) is 11.4. The molecule has 2 aromatic carbocycles. The van der Waals surface area contributed by atoms with Crippen LogP contribution in [0.2, 0.25) is 0 Å². The number of rotatable bonds is 8. The average molecular weight is 352 g/mol. The molecule has 0 unspecified atom stereocenters. The molecule has 0 atom stereocenters. The summed E-state index contributed by atoms with van der Waals surface area (Å²) < 4.78 is 19.2. The van der Waals surface area contributed by atoms with E-state index in [1.807, 2.05) is 6.20 Å². The van der Waals surface area contributed by atoms with Gasteiger partial charge < -0.3 is 15.0 Å². The van der Waals surface area contributed by atoms with Crippen molar-refractivity contribution < 1.29 is 9.13 Å². The Morgan fingerprint density at radius 3 is 2.92 bits per heavy atom. The van der Waals surface area contributed by atoms with Gasteiger partial charge in [0.15, 0.2) is 0 Å². The van der Waals surface area contributed by atoms with Crippen LogP contribution in [-0.2, 0) is 19.3 Å². The molecule has 1 heterocycles. The Kier molecular flexibility index (Phi) is 5.21. The second kappa shape index (κ2) is 7.92.